The van der Waals surface area contributed by atoms with E-state index < -0.39 is 31.9 Å². The Morgan fingerprint density at radius 1 is 1.21 bits per heavy atom. The second-order valence-corrected chi connectivity index (χ2v) is 18.3. The molecule has 1 aliphatic carbocycles. The minimum atomic E-state index is -2.11. The Labute approximate surface area is 243 Å². The van der Waals surface area contributed by atoms with Crippen molar-refractivity contribution in [1.29, 1.82) is 0 Å². The first-order chi connectivity index (χ1) is 18.2. The molecule has 0 bridgehead atoms. The Morgan fingerprint density at radius 2 is 1.90 bits per heavy atom. The minimum Gasteiger partial charge on any atom is -0.415 e. The van der Waals surface area contributed by atoms with Crippen molar-refractivity contribution < 1.29 is 18.3 Å². The van der Waals surface area contributed by atoms with Crippen LogP contribution in [-0.2, 0) is 14.0 Å². The number of rotatable bonds is 9. The van der Waals surface area contributed by atoms with Gasteiger partial charge in [-0.15, -0.1) is 6.58 Å². The molecule has 0 N–H and O–H groups in total. The van der Waals surface area contributed by atoms with Crippen LogP contribution in [0, 0.1) is 11.7 Å². The lowest BCUT2D eigenvalue weighted by Crippen LogP contribution is -2.61. The maximum Gasteiger partial charge on any atom is 0.255 e. The van der Waals surface area contributed by atoms with Gasteiger partial charge in [0.05, 0.1) is 23.7 Å². The van der Waals surface area contributed by atoms with E-state index in [2.05, 4.69) is 40.4 Å². The van der Waals surface area contributed by atoms with Crippen molar-refractivity contribution in [2.75, 3.05) is 6.61 Å². The van der Waals surface area contributed by atoms with Crippen molar-refractivity contribution in [1.82, 2.24) is 4.90 Å². The van der Waals surface area contributed by atoms with E-state index in [4.69, 9.17) is 32.4 Å². The molecular formula is C31H40Cl2FNO3Si. The zero-order valence-corrected chi connectivity index (χ0v) is 26.3. The van der Waals surface area contributed by atoms with Crippen molar-refractivity contribution in [3.8, 4) is 0 Å². The molecule has 4 rings (SSSR count). The van der Waals surface area contributed by atoms with E-state index in [-0.39, 0.29) is 22.0 Å². The highest BCUT2D eigenvalue weighted by molar-refractivity contribution is 6.74. The molecule has 2 fully saturated rings. The molecule has 2 aromatic rings. The summed E-state index contributed by atoms with van der Waals surface area (Å²) in [5, 5.41) is 0.616. The molecule has 2 aromatic carbocycles. The first-order valence-corrected chi connectivity index (χ1v) is 17.3. The largest absolute Gasteiger partial charge is 0.415 e. The summed E-state index contributed by atoms with van der Waals surface area (Å²) >= 11 is 12.5. The third kappa shape index (κ3) is 6.30. The summed E-state index contributed by atoms with van der Waals surface area (Å²) < 4.78 is 28.3. The molecule has 1 amide bonds. The summed E-state index contributed by atoms with van der Waals surface area (Å²) in [4.78, 5) is 16.4. The van der Waals surface area contributed by atoms with E-state index in [0.717, 1.165) is 18.4 Å². The summed E-state index contributed by atoms with van der Waals surface area (Å²) in [6.07, 6.45) is 3.48. The van der Waals surface area contributed by atoms with Crippen LogP contribution in [0.25, 0.3) is 0 Å². The zero-order valence-electron chi connectivity index (χ0n) is 23.8. The SMILES string of the molecule is C=CC[C@@]1(C)O[C@H](c2cccc(Cl)c2)C(c2ccc(Cl)c(F)c2)N(C(CO[Si](C)(C)C(C)(C)C)C2CC2)C1=O. The monoisotopic (exact) mass is 591 g/mol. The van der Waals surface area contributed by atoms with Crippen molar-refractivity contribution in [3.05, 3.63) is 82.1 Å². The molecule has 0 spiro atoms. The normalized spacial score (nSPS) is 25.1. The van der Waals surface area contributed by atoms with Gasteiger partial charge < -0.3 is 14.1 Å². The van der Waals surface area contributed by atoms with Crippen LogP contribution < -0.4 is 0 Å². The highest BCUT2D eigenvalue weighted by Crippen LogP contribution is 2.51. The summed E-state index contributed by atoms with van der Waals surface area (Å²) in [6, 6.07) is 11.4. The molecule has 1 saturated carbocycles. The lowest BCUT2D eigenvalue weighted by atomic mass is 9.85. The van der Waals surface area contributed by atoms with Crippen LogP contribution in [0.4, 0.5) is 4.39 Å². The van der Waals surface area contributed by atoms with Gasteiger partial charge in [-0.05, 0) is 79.2 Å². The van der Waals surface area contributed by atoms with E-state index >= 15 is 0 Å². The third-order valence-electron chi connectivity index (χ3n) is 8.60. The molecule has 8 heteroatoms. The van der Waals surface area contributed by atoms with Crippen LogP contribution in [0.5, 0.6) is 0 Å². The van der Waals surface area contributed by atoms with Gasteiger partial charge in [0.15, 0.2) is 8.32 Å². The number of carbonyl (C=O) groups excluding carboxylic acids is 1. The van der Waals surface area contributed by atoms with E-state index in [1.54, 1.807) is 24.3 Å². The van der Waals surface area contributed by atoms with Crippen LogP contribution in [0.3, 0.4) is 0 Å². The molecule has 4 nitrogen and oxygen atoms in total. The third-order valence-corrected chi connectivity index (χ3v) is 13.6. The Bertz CT molecular complexity index is 1230. The summed E-state index contributed by atoms with van der Waals surface area (Å²) in [6.45, 7) is 17.2. The Morgan fingerprint density at radius 3 is 2.46 bits per heavy atom. The van der Waals surface area contributed by atoms with Gasteiger partial charge in [0.1, 0.15) is 17.5 Å². The molecule has 1 saturated heterocycles. The molecule has 0 aromatic heterocycles. The van der Waals surface area contributed by atoms with Crippen LogP contribution in [0.2, 0.25) is 28.2 Å². The fourth-order valence-electron chi connectivity index (χ4n) is 5.11. The molecule has 1 heterocycles. The number of amides is 1. The number of nitrogens with zero attached hydrogens (tertiary/aromatic N) is 1. The quantitative estimate of drug-likeness (QED) is 0.216. The van der Waals surface area contributed by atoms with E-state index in [9.17, 15) is 9.18 Å². The topological polar surface area (TPSA) is 38.8 Å². The first-order valence-electron chi connectivity index (χ1n) is 13.6. The lowest BCUT2D eigenvalue weighted by Gasteiger charge is -2.52. The minimum absolute atomic E-state index is 0.0233. The van der Waals surface area contributed by atoms with E-state index in [0.29, 0.717) is 29.5 Å². The predicted octanol–water partition coefficient (Wildman–Crippen LogP) is 8.91. The molecule has 39 heavy (non-hydrogen) atoms. The fraction of sp³-hybridized carbons (Fsp3) is 0.516. The van der Waals surface area contributed by atoms with Gasteiger partial charge in [0, 0.05) is 11.4 Å². The number of hydrogen-bond acceptors (Lipinski definition) is 3. The molecule has 212 valence electrons. The van der Waals surface area contributed by atoms with Crippen molar-refractivity contribution >= 4 is 37.4 Å². The maximum absolute atomic E-state index is 14.9. The van der Waals surface area contributed by atoms with Crippen LogP contribution in [-0.4, -0.2) is 37.4 Å². The van der Waals surface area contributed by atoms with Crippen molar-refractivity contribution in [3.63, 3.8) is 0 Å². The molecule has 2 unspecified atom stereocenters. The van der Waals surface area contributed by atoms with Crippen LogP contribution >= 0.6 is 23.2 Å². The standard InChI is InChI=1S/C31H40Cl2FNO3Si/c1-8-16-31(5)29(36)35(26(20-12-13-20)19-37-39(6,7)30(2,3)4)27(21-14-15-24(33)25(34)18-21)28(38-31)22-10-9-11-23(32)17-22/h8-11,14-15,17-18,20,26-28H,1,12-13,16,19H2,2-7H3/t26?,27?,28-,31-/m1/s1. The van der Waals surface area contributed by atoms with Gasteiger partial charge in [0.2, 0.25) is 0 Å². The molecule has 2 aliphatic rings. The second-order valence-electron chi connectivity index (χ2n) is 12.6. The van der Waals surface area contributed by atoms with Gasteiger partial charge in [-0.1, -0.05) is 68.2 Å². The fourth-order valence-corrected chi connectivity index (χ4v) is 6.45. The average molecular weight is 593 g/mol. The van der Waals surface area contributed by atoms with Gasteiger partial charge in [-0.2, -0.15) is 0 Å². The average Bonchev–Trinajstić information content (AvgIpc) is 3.68. The lowest BCUT2D eigenvalue weighted by molar-refractivity contribution is -0.204. The Hall–Kier alpha value is -1.70. The first kappa shape index (κ1) is 30.3. The molecule has 4 atom stereocenters. The predicted molar refractivity (Wildman–Crippen MR) is 159 cm³/mol. The summed E-state index contributed by atoms with van der Waals surface area (Å²) in [5.41, 5.74) is 0.282. The van der Waals surface area contributed by atoms with Crippen LogP contribution in [0.1, 0.15) is 70.2 Å². The number of hydrogen-bond donors (Lipinski definition) is 0. The van der Waals surface area contributed by atoms with Gasteiger partial charge in [-0.25, -0.2) is 4.39 Å². The maximum atomic E-state index is 14.9. The smallest absolute Gasteiger partial charge is 0.255 e. The molecule has 1 aliphatic heterocycles. The van der Waals surface area contributed by atoms with E-state index in [1.807, 2.05) is 30.0 Å². The number of halogens is 3. The summed E-state index contributed by atoms with van der Waals surface area (Å²) in [7, 11) is -2.11. The Balaban J connectivity index is 1.88. The number of carbonyl (C=O) groups is 1. The second kappa shape index (κ2) is 11.3. The van der Waals surface area contributed by atoms with Crippen LogP contribution in [0.15, 0.2) is 55.1 Å². The highest BCUT2D eigenvalue weighted by Gasteiger charge is 2.55. The number of ether oxygens (including phenoxy) is 1. The van der Waals surface area contributed by atoms with Gasteiger partial charge in [-0.3, -0.25) is 4.79 Å². The van der Waals surface area contributed by atoms with Crippen molar-refractivity contribution in [2.24, 2.45) is 5.92 Å². The van der Waals surface area contributed by atoms with Crippen molar-refractivity contribution in [2.45, 2.75) is 88.9 Å². The molecular weight excluding hydrogens is 552 g/mol. The number of morpholine rings is 1. The summed E-state index contributed by atoms with van der Waals surface area (Å²) in [5.74, 6) is -0.382. The van der Waals surface area contributed by atoms with E-state index in [1.165, 1.54) is 6.07 Å². The zero-order chi connectivity index (χ0) is 28.8. The Kier molecular flexibility index (Phi) is 8.76. The molecule has 0 radical (unpaired) electrons. The highest BCUT2D eigenvalue weighted by atomic mass is 35.5. The van der Waals surface area contributed by atoms with Gasteiger partial charge >= 0.3 is 0 Å². The number of benzene rings is 2. The van der Waals surface area contributed by atoms with Gasteiger partial charge in [0.25, 0.3) is 5.91 Å².